The summed E-state index contributed by atoms with van der Waals surface area (Å²) in [5, 5.41) is 4.15. The Morgan fingerprint density at radius 1 is 1.04 bits per heavy atom. The van der Waals surface area contributed by atoms with Crippen molar-refractivity contribution >= 4 is 34.1 Å². The van der Waals surface area contributed by atoms with Crippen molar-refractivity contribution in [3.8, 4) is 11.3 Å². The highest BCUT2D eigenvalue weighted by Gasteiger charge is 2.15. The second-order valence-corrected chi connectivity index (χ2v) is 6.78. The van der Waals surface area contributed by atoms with Crippen LogP contribution in [0.5, 0.6) is 0 Å². The number of benzene rings is 2. The average Bonchev–Trinajstić information content (AvgIpc) is 2.70. The number of fused-ring (bicyclic) bond motifs is 1. The SMILES string of the molecule is Cn1cc(NC(=O)c2cc(-c3ccccc3Cl)nc3ccccc23)ccc1=O. The van der Waals surface area contributed by atoms with Crippen LogP contribution in [0.2, 0.25) is 5.02 Å². The summed E-state index contributed by atoms with van der Waals surface area (Å²) >= 11 is 6.33. The molecule has 138 valence electrons. The second-order valence-electron chi connectivity index (χ2n) is 6.37. The fraction of sp³-hybridized carbons (Fsp3) is 0.0455. The third kappa shape index (κ3) is 3.40. The van der Waals surface area contributed by atoms with Crippen LogP contribution in [0.1, 0.15) is 10.4 Å². The molecule has 2 aromatic heterocycles. The molecular weight excluding hydrogens is 374 g/mol. The van der Waals surface area contributed by atoms with Gasteiger partial charge in [-0.3, -0.25) is 9.59 Å². The molecule has 1 N–H and O–H groups in total. The van der Waals surface area contributed by atoms with Crippen molar-refractivity contribution in [1.82, 2.24) is 9.55 Å². The number of nitrogens with zero attached hydrogens (tertiary/aromatic N) is 2. The number of carbonyl (C=O) groups is 1. The minimum atomic E-state index is -0.287. The minimum absolute atomic E-state index is 0.145. The third-order valence-electron chi connectivity index (χ3n) is 4.45. The molecular formula is C22H16ClN3O2. The van der Waals surface area contributed by atoms with E-state index in [1.54, 1.807) is 31.4 Å². The first-order valence-electron chi connectivity index (χ1n) is 8.65. The van der Waals surface area contributed by atoms with Gasteiger partial charge >= 0.3 is 0 Å². The Morgan fingerprint density at radius 2 is 1.79 bits per heavy atom. The van der Waals surface area contributed by atoms with E-state index in [9.17, 15) is 9.59 Å². The second kappa shape index (κ2) is 7.29. The van der Waals surface area contributed by atoms with Crippen LogP contribution in [0.15, 0.2) is 77.7 Å². The van der Waals surface area contributed by atoms with E-state index in [-0.39, 0.29) is 11.5 Å². The van der Waals surface area contributed by atoms with E-state index in [4.69, 9.17) is 11.6 Å². The van der Waals surface area contributed by atoms with Gasteiger partial charge in [0.15, 0.2) is 0 Å². The van der Waals surface area contributed by atoms with Gasteiger partial charge in [0.1, 0.15) is 0 Å². The van der Waals surface area contributed by atoms with Crippen molar-refractivity contribution < 1.29 is 4.79 Å². The first-order valence-corrected chi connectivity index (χ1v) is 9.03. The zero-order chi connectivity index (χ0) is 19.7. The molecule has 1 amide bonds. The fourth-order valence-corrected chi connectivity index (χ4v) is 3.27. The quantitative estimate of drug-likeness (QED) is 0.560. The number of hydrogen-bond acceptors (Lipinski definition) is 3. The number of aryl methyl sites for hydroxylation is 1. The van der Waals surface area contributed by atoms with Gasteiger partial charge in [-0.05, 0) is 24.3 Å². The van der Waals surface area contributed by atoms with Crippen LogP contribution >= 0.6 is 11.6 Å². The molecule has 6 heteroatoms. The van der Waals surface area contributed by atoms with Crippen molar-refractivity contribution in [1.29, 1.82) is 0 Å². The van der Waals surface area contributed by atoms with Gasteiger partial charge in [0.25, 0.3) is 5.91 Å². The van der Waals surface area contributed by atoms with Gasteiger partial charge in [-0.1, -0.05) is 48.0 Å². The zero-order valence-corrected chi connectivity index (χ0v) is 15.8. The number of pyridine rings is 2. The Labute approximate surface area is 166 Å². The molecule has 0 unspecified atom stereocenters. The summed E-state index contributed by atoms with van der Waals surface area (Å²) in [4.78, 5) is 29.3. The van der Waals surface area contributed by atoms with E-state index in [2.05, 4.69) is 10.3 Å². The predicted octanol–water partition coefficient (Wildman–Crippen LogP) is 4.51. The third-order valence-corrected chi connectivity index (χ3v) is 4.78. The molecule has 4 rings (SSSR count). The molecule has 0 saturated carbocycles. The molecule has 0 fully saturated rings. The Balaban J connectivity index is 1.83. The summed E-state index contributed by atoms with van der Waals surface area (Å²) < 4.78 is 1.41. The molecule has 0 spiro atoms. The van der Waals surface area contributed by atoms with Crippen LogP contribution in [0.25, 0.3) is 22.2 Å². The van der Waals surface area contributed by atoms with Crippen LogP contribution in [0.4, 0.5) is 5.69 Å². The molecule has 0 aliphatic carbocycles. The molecule has 4 aromatic rings. The molecule has 2 heterocycles. The molecule has 0 aliphatic heterocycles. The Hall–Kier alpha value is -3.44. The zero-order valence-electron chi connectivity index (χ0n) is 15.0. The standard InChI is InChI=1S/C22H16ClN3O2/c1-26-13-14(10-11-21(26)27)24-22(28)17-12-20(16-7-2-4-8-18(16)23)25-19-9-5-3-6-15(17)19/h2-13H,1H3,(H,24,28). The largest absolute Gasteiger partial charge is 0.321 e. The van der Waals surface area contributed by atoms with Crippen LogP contribution in [0.3, 0.4) is 0 Å². The molecule has 0 bridgehead atoms. The van der Waals surface area contributed by atoms with Gasteiger partial charge in [-0.2, -0.15) is 0 Å². The van der Waals surface area contributed by atoms with E-state index in [0.29, 0.717) is 27.5 Å². The van der Waals surface area contributed by atoms with Crippen LogP contribution in [0, 0.1) is 0 Å². The molecule has 0 aliphatic rings. The highest BCUT2D eigenvalue weighted by atomic mass is 35.5. The summed E-state index contributed by atoms with van der Waals surface area (Å²) in [6.45, 7) is 0. The van der Waals surface area contributed by atoms with E-state index in [0.717, 1.165) is 10.9 Å². The number of hydrogen-bond donors (Lipinski definition) is 1. The first kappa shape index (κ1) is 17.9. The number of carbonyl (C=O) groups excluding carboxylic acids is 1. The average molecular weight is 390 g/mol. The van der Waals surface area contributed by atoms with Crippen LogP contribution < -0.4 is 10.9 Å². The maximum Gasteiger partial charge on any atom is 0.256 e. The lowest BCUT2D eigenvalue weighted by Gasteiger charge is -2.12. The van der Waals surface area contributed by atoms with Crippen molar-refractivity contribution in [3.63, 3.8) is 0 Å². The van der Waals surface area contributed by atoms with Gasteiger partial charge in [0, 0.05) is 35.3 Å². The molecule has 0 atom stereocenters. The van der Waals surface area contributed by atoms with Crippen LogP contribution in [-0.2, 0) is 7.05 Å². The molecule has 0 saturated heterocycles. The normalized spacial score (nSPS) is 10.8. The lowest BCUT2D eigenvalue weighted by molar-refractivity contribution is 0.102. The molecule has 5 nitrogen and oxygen atoms in total. The van der Waals surface area contributed by atoms with Gasteiger partial charge in [-0.25, -0.2) is 4.98 Å². The minimum Gasteiger partial charge on any atom is -0.321 e. The monoisotopic (exact) mass is 389 g/mol. The lowest BCUT2D eigenvalue weighted by Crippen LogP contribution is -2.18. The van der Waals surface area contributed by atoms with Crippen molar-refractivity contribution in [3.05, 3.63) is 93.9 Å². The van der Waals surface area contributed by atoms with E-state index in [1.165, 1.54) is 10.6 Å². The van der Waals surface area contributed by atoms with Gasteiger partial charge in [0.2, 0.25) is 5.56 Å². The summed E-state index contributed by atoms with van der Waals surface area (Å²) in [6, 6.07) is 19.6. The summed E-state index contributed by atoms with van der Waals surface area (Å²) in [5.74, 6) is -0.287. The van der Waals surface area contributed by atoms with Gasteiger partial charge in [0.05, 0.1) is 22.5 Å². The van der Waals surface area contributed by atoms with E-state index in [1.807, 2.05) is 42.5 Å². The van der Waals surface area contributed by atoms with Crippen molar-refractivity contribution in [2.45, 2.75) is 0 Å². The lowest BCUT2D eigenvalue weighted by atomic mass is 10.0. The van der Waals surface area contributed by atoms with E-state index >= 15 is 0 Å². The Morgan fingerprint density at radius 3 is 2.57 bits per heavy atom. The van der Waals surface area contributed by atoms with Crippen molar-refractivity contribution in [2.75, 3.05) is 5.32 Å². The fourth-order valence-electron chi connectivity index (χ4n) is 3.04. The number of halogens is 1. The number of amides is 1. The van der Waals surface area contributed by atoms with Crippen LogP contribution in [-0.4, -0.2) is 15.5 Å². The smallest absolute Gasteiger partial charge is 0.256 e. The first-order chi connectivity index (χ1) is 13.5. The highest BCUT2D eigenvalue weighted by Crippen LogP contribution is 2.30. The molecule has 0 radical (unpaired) electrons. The van der Waals surface area contributed by atoms with E-state index < -0.39 is 0 Å². The molecule has 28 heavy (non-hydrogen) atoms. The maximum absolute atomic E-state index is 13.0. The number of rotatable bonds is 3. The summed E-state index contributed by atoms with van der Waals surface area (Å²) in [6.07, 6.45) is 1.58. The molecule has 2 aromatic carbocycles. The topological polar surface area (TPSA) is 64.0 Å². The Kier molecular flexibility index (Phi) is 4.67. The van der Waals surface area contributed by atoms with Crippen molar-refractivity contribution in [2.24, 2.45) is 7.05 Å². The summed E-state index contributed by atoms with van der Waals surface area (Å²) in [7, 11) is 1.63. The number of aromatic nitrogens is 2. The number of anilines is 1. The number of para-hydroxylation sites is 1. The summed E-state index contributed by atoms with van der Waals surface area (Å²) in [5.41, 5.74) is 2.95. The number of nitrogens with one attached hydrogen (secondary N) is 1. The van der Waals surface area contributed by atoms with Gasteiger partial charge in [-0.15, -0.1) is 0 Å². The van der Waals surface area contributed by atoms with Gasteiger partial charge < -0.3 is 9.88 Å². The predicted molar refractivity (Wildman–Crippen MR) is 112 cm³/mol. The Bertz CT molecular complexity index is 1260. The maximum atomic E-state index is 13.0. The highest BCUT2D eigenvalue weighted by molar-refractivity contribution is 6.33.